The molecule has 0 unspecified atom stereocenters. The van der Waals surface area contributed by atoms with Crippen LogP contribution in [0, 0.1) is 0 Å². The van der Waals surface area contributed by atoms with Crippen molar-refractivity contribution >= 4 is 11.6 Å². The van der Waals surface area contributed by atoms with Crippen molar-refractivity contribution in [1.82, 2.24) is 4.57 Å². The number of carbonyl (C=O) groups excluding carboxylic acids is 1. The van der Waals surface area contributed by atoms with Gasteiger partial charge in [0.2, 0.25) is 6.33 Å². The van der Waals surface area contributed by atoms with E-state index in [0.29, 0.717) is 6.54 Å². The van der Waals surface area contributed by atoms with E-state index in [1.54, 1.807) is 0 Å². The van der Waals surface area contributed by atoms with E-state index < -0.39 is 0 Å². The van der Waals surface area contributed by atoms with Crippen LogP contribution in [-0.2, 0) is 24.8 Å². The summed E-state index contributed by atoms with van der Waals surface area (Å²) in [6.07, 6.45) is 6.66. The zero-order valence-electron chi connectivity index (χ0n) is 10.8. The number of rotatable bonds is 4. The molecule has 1 N–H and O–H groups in total. The molecule has 2 rings (SSSR count). The first-order chi connectivity index (χ1) is 8.67. The Morgan fingerprint density at radius 1 is 1.33 bits per heavy atom. The number of nitrogens with zero attached hydrogens (tertiary/aromatic N) is 2. The van der Waals surface area contributed by atoms with E-state index in [9.17, 15) is 4.79 Å². The standard InChI is InChI=1S/C14H17N3O/c1-3-12-4-6-13(7-5-12)15-14(18)10-17-9-8-16(2)11-17/h4-9,11H,3,10H2,1-2H3/p+1. The Bertz CT molecular complexity index is 528. The van der Waals surface area contributed by atoms with Crippen LogP contribution in [0.4, 0.5) is 5.69 Å². The molecule has 0 aliphatic rings. The Kier molecular flexibility index (Phi) is 3.77. The third-order valence-electron chi connectivity index (χ3n) is 2.80. The second-order valence-corrected chi connectivity index (χ2v) is 4.35. The van der Waals surface area contributed by atoms with Gasteiger partial charge in [0.05, 0.1) is 7.05 Å². The highest BCUT2D eigenvalue weighted by Gasteiger charge is 2.07. The second-order valence-electron chi connectivity index (χ2n) is 4.35. The second kappa shape index (κ2) is 5.49. The van der Waals surface area contributed by atoms with Gasteiger partial charge in [0, 0.05) is 5.69 Å². The maximum atomic E-state index is 11.8. The SMILES string of the molecule is CCc1ccc(NC(=O)Cn2cc[n+](C)c2)cc1. The fraction of sp³-hybridized carbons (Fsp3) is 0.286. The van der Waals surface area contributed by atoms with Crippen molar-refractivity contribution in [1.29, 1.82) is 0 Å². The third-order valence-corrected chi connectivity index (χ3v) is 2.80. The van der Waals surface area contributed by atoms with Crippen molar-refractivity contribution in [2.45, 2.75) is 19.9 Å². The molecule has 2 aromatic rings. The molecule has 0 radical (unpaired) electrons. The molecule has 4 heteroatoms. The average molecular weight is 244 g/mol. The maximum Gasteiger partial charge on any atom is 0.266 e. The molecule has 0 spiro atoms. The number of aromatic nitrogens is 2. The fourth-order valence-electron chi connectivity index (χ4n) is 1.79. The maximum absolute atomic E-state index is 11.8. The summed E-state index contributed by atoms with van der Waals surface area (Å²) < 4.78 is 3.75. The predicted octanol–water partition coefficient (Wildman–Crippen LogP) is 1.51. The summed E-state index contributed by atoms with van der Waals surface area (Å²) in [6.45, 7) is 2.44. The molecule has 0 aliphatic carbocycles. The molecule has 1 amide bonds. The minimum Gasteiger partial charge on any atom is -0.323 e. The minimum atomic E-state index is -0.0181. The summed E-state index contributed by atoms with van der Waals surface area (Å²) >= 11 is 0. The monoisotopic (exact) mass is 244 g/mol. The first kappa shape index (κ1) is 12.4. The van der Waals surface area contributed by atoms with E-state index in [2.05, 4.69) is 12.2 Å². The number of benzene rings is 1. The number of aryl methyl sites for hydroxylation is 2. The fourth-order valence-corrected chi connectivity index (χ4v) is 1.79. The smallest absolute Gasteiger partial charge is 0.266 e. The Morgan fingerprint density at radius 2 is 2.06 bits per heavy atom. The Morgan fingerprint density at radius 3 is 2.61 bits per heavy atom. The van der Waals surface area contributed by atoms with Gasteiger partial charge < -0.3 is 5.32 Å². The van der Waals surface area contributed by atoms with Crippen LogP contribution in [0.2, 0.25) is 0 Å². The molecule has 0 saturated heterocycles. The van der Waals surface area contributed by atoms with Crippen molar-refractivity contribution in [2.24, 2.45) is 7.05 Å². The highest BCUT2D eigenvalue weighted by Crippen LogP contribution is 2.09. The summed E-state index contributed by atoms with van der Waals surface area (Å²) in [7, 11) is 1.93. The van der Waals surface area contributed by atoms with Gasteiger partial charge in [0.1, 0.15) is 12.4 Å². The highest BCUT2D eigenvalue weighted by atomic mass is 16.1. The van der Waals surface area contributed by atoms with Gasteiger partial charge in [0.25, 0.3) is 5.91 Å². The molecule has 1 aromatic heterocycles. The lowest BCUT2D eigenvalue weighted by Crippen LogP contribution is -2.25. The lowest BCUT2D eigenvalue weighted by atomic mass is 10.1. The molecule has 0 bridgehead atoms. The van der Waals surface area contributed by atoms with E-state index >= 15 is 0 Å². The first-order valence-electron chi connectivity index (χ1n) is 6.07. The highest BCUT2D eigenvalue weighted by molar-refractivity contribution is 5.90. The molecule has 94 valence electrons. The molecule has 0 saturated carbocycles. The van der Waals surface area contributed by atoms with Gasteiger partial charge >= 0.3 is 0 Å². The molecule has 4 nitrogen and oxygen atoms in total. The van der Waals surface area contributed by atoms with Crippen LogP contribution in [0.25, 0.3) is 0 Å². The van der Waals surface area contributed by atoms with Crippen LogP contribution < -0.4 is 9.88 Å². The van der Waals surface area contributed by atoms with Crippen LogP contribution in [-0.4, -0.2) is 10.5 Å². The lowest BCUT2D eigenvalue weighted by molar-refractivity contribution is -0.671. The van der Waals surface area contributed by atoms with E-state index in [1.165, 1.54) is 5.56 Å². The predicted molar refractivity (Wildman–Crippen MR) is 70.1 cm³/mol. The number of hydrogen-bond acceptors (Lipinski definition) is 1. The van der Waals surface area contributed by atoms with Gasteiger partial charge in [-0.15, -0.1) is 0 Å². The Labute approximate surface area is 107 Å². The molecule has 18 heavy (non-hydrogen) atoms. The van der Waals surface area contributed by atoms with E-state index in [4.69, 9.17) is 0 Å². The summed E-state index contributed by atoms with van der Waals surface area (Å²) in [4.78, 5) is 11.8. The van der Waals surface area contributed by atoms with Gasteiger partial charge in [0.15, 0.2) is 6.54 Å². The number of nitrogens with one attached hydrogen (secondary N) is 1. The molecule has 0 fully saturated rings. The molecule has 1 heterocycles. The Hall–Kier alpha value is -2.10. The van der Waals surface area contributed by atoms with Crippen molar-refractivity contribution < 1.29 is 9.36 Å². The van der Waals surface area contributed by atoms with E-state index in [1.807, 2.05) is 59.2 Å². The van der Waals surface area contributed by atoms with Crippen molar-refractivity contribution in [3.8, 4) is 0 Å². The van der Waals surface area contributed by atoms with E-state index in [0.717, 1.165) is 12.1 Å². The number of carbonyl (C=O) groups is 1. The summed E-state index contributed by atoms with van der Waals surface area (Å²) in [5, 5.41) is 2.88. The quantitative estimate of drug-likeness (QED) is 0.813. The summed E-state index contributed by atoms with van der Waals surface area (Å²) in [6, 6.07) is 7.94. The van der Waals surface area contributed by atoms with Crippen molar-refractivity contribution in [3.63, 3.8) is 0 Å². The summed E-state index contributed by atoms with van der Waals surface area (Å²) in [5.74, 6) is -0.0181. The van der Waals surface area contributed by atoms with Crippen LogP contribution in [0.3, 0.4) is 0 Å². The molecule has 1 aromatic carbocycles. The number of imidazole rings is 1. The largest absolute Gasteiger partial charge is 0.323 e. The molecular weight excluding hydrogens is 226 g/mol. The van der Waals surface area contributed by atoms with Crippen molar-refractivity contribution in [2.75, 3.05) is 5.32 Å². The number of anilines is 1. The van der Waals surface area contributed by atoms with Crippen molar-refractivity contribution in [3.05, 3.63) is 48.5 Å². The van der Waals surface area contributed by atoms with Gasteiger partial charge in [-0.1, -0.05) is 19.1 Å². The zero-order chi connectivity index (χ0) is 13.0. The van der Waals surface area contributed by atoms with Gasteiger partial charge in [-0.3, -0.25) is 4.79 Å². The zero-order valence-corrected chi connectivity index (χ0v) is 10.8. The van der Waals surface area contributed by atoms with Gasteiger partial charge in [-0.2, -0.15) is 0 Å². The van der Waals surface area contributed by atoms with Gasteiger partial charge in [-0.25, -0.2) is 9.13 Å². The van der Waals surface area contributed by atoms with Gasteiger partial charge in [-0.05, 0) is 24.1 Å². The van der Waals surface area contributed by atoms with Crippen LogP contribution >= 0.6 is 0 Å². The minimum absolute atomic E-state index is 0.0181. The molecular formula is C14H18N3O+. The van der Waals surface area contributed by atoms with Crippen LogP contribution in [0.1, 0.15) is 12.5 Å². The number of hydrogen-bond donors (Lipinski definition) is 1. The first-order valence-corrected chi connectivity index (χ1v) is 6.07. The van der Waals surface area contributed by atoms with Crippen LogP contribution in [0.5, 0.6) is 0 Å². The average Bonchev–Trinajstić information content (AvgIpc) is 2.75. The van der Waals surface area contributed by atoms with E-state index in [-0.39, 0.29) is 5.91 Å². The third kappa shape index (κ3) is 3.20. The number of amides is 1. The molecule has 0 atom stereocenters. The topological polar surface area (TPSA) is 37.9 Å². The Balaban J connectivity index is 1.94. The van der Waals surface area contributed by atoms with Crippen LogP contribution in [0.15, 0.2) is 43.0 Å². The lowest BCUT2D eigenvalue weighted by Gasteiger charge is -2.04. The molecule has 0 aliphatic heterocycles. The normalized spacial score (nSPS) is 10.3. The summed E-state index contributed by atoms with van der Waals surface area (Å²) in [5.41, 5.74) is 2.11.